The summed E-state index contributed by atoms with van der Waals surface area (Å²) < 4.78 is 6.17. The van der Waals surface area contributed by atoms with Crippen LogP contribution in [0.3, 0.4) is 0 Å². The molecule has 0 spiro atoms. The molecule has 1 nitrogen and oxygen atoms in total. The average Bonchev–Trinajstić information content (AvgIpc) is 2.83. The average molecular weight is 430 g/mol. The van der Waals surface area contributed by atoms with Crippen LogP contribution in [0.25, 0.3) is 36.5 Å². The molecule has 1 aromatic heterocycles. The molecule has 1 heteroatoms. The van der Waals surface area contributed by atoms with Gasteiger partial charge in [-0.25, -0.2) is 4.42 Å². The topological polar surface area (TPSA) is 11.3 Å². The summed E-state index contributed by atoms with van der Waals surface area (Å²) in [5.74, 6) is 1.62. The third-order valence-corrected chi connectivity index (χ3v) is 5.43. The summed E-state index contributed by atoms with van der Waals surface area (Å²) >= 11 is 0. The minimum atomic E-state index is 0.810. The highest BCUT2D eigenvalue weighted by molar-refractivity contribution is 5.75. The molecular weight excluding hydrogens is 400 g/mol. The lowest BCUT2D eigenvalue weighted by atomic mass is 10.1. The lowest BCUT2D eigenvalue weighted by Crippen LogP contribution is -1.82. The molecule has 0 aliphatic carbocycles. The third-order valence-electron chi connectivity index (χ3n) is 5.43. The van der Waals surface area contributed by atoms with E-state index in [0.717, 1.165) is 28.2 Å². The standard InChI is InChI=1S/C32H29O/c1-24-4-10-27(11-5-24)16-17-30-22-31(20-18-28-12-6-25(2)7-13-28)33-32(23-30)21-19-29-14-8-26(3)9-15-29/h4-23H,1-3H3/q+1/b17-16+,20-18+,21-19+. The van der Waals surface area contributed by atoms with Crippen LogP contribution in [-0.2, 0) is 0 Å². The maximum absolute atomic E-state index is 6.17. The third kappa shape index (κ3) is 6.75. The van der Waals surface area contributed by atoms with Gasteiger partial charge in [0.25, 0.3) is 0 Å². The van der Waals surface area contributed by atoms with E-state index in [2.05, 4.69) is 130 Å². The van der Waals surface area contributed by atoms with E-state index in [9.17, 15) is 0 Å². The molecule has 0 bridgehead atoms. The first kappa shape index (κ1) is 22.2. The van der Waals surface area contributed by atoms with E-state index in [0.29, 0.717) is 0 Å². The van der Waals surface area contributed by atoms with E-state index >= 15 is 0 Å². The molecule has 0 aliphatic rings. The summed E-state index contributed by atoms with van der Waals surface area (Å²) in [4.78, 5) is 0. The van der Waals surface area contributed by atoms with Crippen molar-refractivity contribution in [1.29, 1.82) is 0 Å². The summed E-state index contributed by atoms with van der Waals surface area (Å²) in [5.41, 5.74) is 8.33. The van der Waals surface area contributed by atoms with E-state index in [1.807, 2.05) is 12.2 Å². The molecule has 0 fully saturated rings. The van der Waals surface area contributed by atoms with Crippen molar-refractivity contribution in [2.24, 2.45) is 0 Å². The van der Waals surface area contributed by atoms with Crippen LogP contribution in [0.2, 0.25) is 0 Å². The summed E-state index contributed by atoms with van der Waals surface area (Å²) in [6, 6.07) is 29.6. The molecule has 0 saturated carbocycles. The highest BCUT2D eigenvalue weighted by atomic mass is 16.3. The van der Waals surface area contributed by atoms with E-state index in [4.69, 9.17) is 4.42 Å². The van der Waals surface area contributed by atoms with Gasteiger partial charge in [0.05, 0.1) is 12.1 Å². The molecule has 0 aliphatic heterocycles. The molecule has 0 atom stereocenters. The fraction of sp³-hybridized carbons (Fsp3) is 0.0938. The molecule has 1 heterocycles. The molecule has 0 radical (unpaired) electrons. The summed E-state index contributed by atoms with van der Waals surface area (Å²) in [6.07, 6.45) is 12.5. The fourth-order valence-electron chi connectivity index (χ4n) is 3.41. The molecule has 0 saturated heterocycles. The van der Waals surface area contributed by atoms with Gasteiger partial charge in [0.2, 0.25) is 0 Å². The van der Waals surface area contributed by atoms with Crippen molar-refractivity contribution in [3.05, 3.63) is 135 Å². The smallest absolute Gasteiger partial charge is 0.208 e. The van der Waals surface area contributed by atoms with Crippen LogP contribution in [0.1, 0.15) is 50.5 Å². The van der Waals surface area contributed by atoms with Gasteiger partial charge in [-0.3, -0.25) is 0 Å². The van der Waals surface area contributed by atoms with Crippen molar-refractivity contribution < 1.29 is 4.42 Å². The molecular formula is C32H29O+. The van der Waals surface area contributed by atoms with Crippen LogP contribution in [0.15, 0.2) is 89.3 Å². The van der Waals surface area contributed by atoms with Crippen molar-refractivity contribution in [3.63, 3.8) is 0 Å². The van der Waals surface area contributed by atoms with Crippen molar-refractivity contribution in [1.82, 2.24) is 0 Å². The van der Waals surface area contributed by atoms with Crippen LogP contribution >= 0.6 is 0 Å². The molecule has 162 valence electrons. The predicted octanol–water partition coefficient (Wildman–Crippen LogP) is 9.00. The van der Waals surface area contributed by atoms with Gasteiger partial charge in [-0.05, 0) is 55.2 Å². The van der Waals surface area contributed by atoms with E-state index in [1.54, 1.807) is 0 Å². The lowest BCUT2D eigenvalue weighted by molar-refractivity contribution is 0.529. The Morgan fingerprint density at radius 2 is 0.697 bits per heavy atom. The Bertz CT molecular complexity index is 1110. The second-order valence-corrected chi connectivity index (χ2v) is 8.43. The van der Waals surface area contributed by atoms with Gasteiger partial charge < -0.3 is 0 Å². The molecule has 0 N–H and O–H groups in total. The Balaban J connectivity index is 1.64. The Labute approximate surface area is 197 Å². The van der Waals surface area contributed by atoms with Crippen molar-refractivity contribution in [2.45, 2.75) is 20.8 Å². The van der Waals surface area contributed by atoms with Crippen LogP contribution in [0.4, 0.5) is 0 Å². The zero-order valence-corrected chi connectivity index (χ0v) is 19.5. The second-order valence-electron chi connectivity index (χ2n) is 8.43. The monoisotopic (exact) mass is 429 g/mol. The Morgan fingerprint density at radius 3 is 1.06 bits per heavy atom. The highest BCUT2D eigenvalue weighted by Gasteiger charge is 2.11. The van der Waals surface area contributed by atoms with Gasteiger partial charge in [-0.2, -0.15) is 0 Å². The lowest BCUT2D eigenvalue weighted by Gasteiger charge is -1.96. The first-order valence-corrected chi connectivity index (χ1v) is 11.3. The molecule has 0 unspecified atom stereocenters. The van der Waals surface area contributed by atoms with Crippen LogP contribution < -0.4 is 0 Å². The van der Waals surface area contributed by atoms with Gasteiger partial charge in [0, 0.05) is 12.2 Å². The van der Waals surface area contributed by atoms with Crippen molar-refractivity contribution in [2.75, 3.05) is 0 Å². The second kappa shape index (κ2) is 10.6. The summed E-state index contributed by atoms with van der Waals surface area (Å²) in [5, 5.41) is 0. The van der Waals surface area contributed by atoms with Crippen molar-refractivity contribution in [3.8, 4) is 0 Å². The minimum Gasteiger partial charge on any atom is -0.208 e. The predicted molar refractivity (Wildman–Crippen MR) is 143 cm³/mol. The van der Waals surface area contributed by atoms with E-state index in [1.165, 1.54) is 22.3 Å². The largest absolute Gasteiger partial charge is 0.354 e. The minimum absolute atomic E-state index is 0.810. The van der Waals surface area contributed by atoms with E-state index < -0.39 is 0 Å². The zero-order valence-electron chi connectivity index (χ0n) is 19.5. The maximum atomic E-state index is 6.17. The molecule has 33 heavy (non-hydrogen) atoms. The quantitative estimate of drug-likeness (QED) is 0.278. The molecule has 3 aromatic carbocycles. The first-order valence-electron chi connectivity index (χ1n) is 11.3. The summed E-state index contributed by atoms with van der Waals surface area (Å²) in [7, 11) is 0. The highest BCUT2D eigenvalue weighted by Crippen LogP contribution is 2.19. The van der Waals surface area contributed by atoms with Gasteiger partial charge in [0.1, 0.15) is 0 Å². The van der Waals surface area contributed by atoms with Gasteiger partial charge in [0.15, 0.2) is 0 Å². The van der Waals surface area contributed by atoms with E-state index in [-0.39, 0.29) is 0 Å². The normalized spacial score (nSPS) is 11.7. The Kier molecular flexibility index (Phi) is 7.12. The van der Waals surface area contributed by atoms with Crippen molar-refractivity contribution >= 4 is 36.5 Å². The number of benzene rings is 3. The maximum Gasteiger partial charge on any atom is 0.354 e. The fourth-order valence-corrected chi connectivity index (χ4v) is 3.41. The number of hydrogen-bond acceptors (Lipinski definition) is 0. The number of rotatable bonds is 6. The Morgan fingerprint density at radius 1 is 0.394 bits per heavy atom. The van der Waals surface area contributed by atoms with Gasteiger partial charge in [-0.1, -0.05) is 102 Å². The summed E-state index contributed by atoms with van der Waals surface area (Å²) in [6.45, 7) is 6.30. The molecule has 0 amide bonds. The SMILES string of the molecule is Cc1ccc(/C=C/c2cc(/C=C/c3ccc(C)cc3)[o+]c(/C=C/c3ccc(C)cc3)c2)cc1. The van der Waals surface area contributed by atoms with Gasteiger partial charge >= 0.3 is 11.5 Å². The molecule has 4 rings (SSSR count). The number of aryl methyl sites for hydroxylation is 3. The van der Waals surface area contributed by atoms with Crippen LogP contribution in [0, 0.1) is 20.8 Å². The molecule has 4 aromatic rings. The van der Waals surface area contributed by atoms with Crippen LogP contribution in [0.5, 0.6) is 0 Å². The van der Waals surface area contributed by atoms with Crippen LogP contribution in [-0.4, -0.2) is 0 Å². The first-order chi connectivity index (χ1) is 16.0. The number of hydrogen-bond donors (Lipinski definition) is 0. The zero-order chi connectivity index (χ0) is 23.0. The van der Waals surface area contributed by atoms with Gasteiger partial charge in [-0.15, -0.1) is 0 Å². The Hall–Kier alpha value is -3.97.